The van der Waals surface area contributed by atoms with Crippen molar-refractivity contribution >= 4 is 33.0 Å². The van der Waals surface area contributed by atoms with Crippen LogP contribution in [0.3, 0.4) is 0 Å². The van der Waals surface area contributed by atoms with Crippen molar-refractivity contribution in [2.75, 3.05) is 0 Å². The predicted octanol–water partition coefficient (Wildman–Crippen LogP) is 5.01. The van der Waals surface area contributed by atoms with Gasteiger partial charge in [-0.25, -0.2) is 4.98 Å². The number of hydrogen-bond donors (Lipinski definition) is 0. The lowest BCUT2D eigenvalue weighted by Crippen LogP contribution is -2.22. The number of rotatable bonds is 4. The number of halogens is 4. The first-order valence-electron chi connectivity index (χ1n) is 8.22. The van der Waals surface area contributed by atoms with Crippen LogP contribution in [0.4, 0.5) is 13.2 Å². The Labute approximate surface area is 161 Å². The average molecular weight is 438 g/mol. The summed E-state index contributed by atoms with van der Waals surface area (Å²) in [5.74, 6) is 0.459. The summed E-state index contributed by atoms with van der Waals surface area (Å²) in [6.45, 7) is 1.94. The standard InChI is InChI=1S/C19H15BrF3N3O/c1-2-4-17-25-16-8-7-14(20)10-15(16)18(27)26(17)24-11-12-5-3-6-13(9-12)19(21,22)23/h3,5-11H,2,4H2,1H3. The van der Waals surface area contributed by atoms with Gasteiger partial charge in [-0.1, -0.05) is 35.0 Å². The molecule has 2 aromatic carbocycles. The van der Waals surface area contributed by atoms with Crippen molar-refractivity contribution in [3.8, 4) is 0 Å². The molecular formula is C19H15BrF3N3O. The molecule has 140 valence electrons. The highest BCUT2D eigenvalue weighted by molar-refractivity contribution is 9.10. The molecule has 0 fully saturated rings. The second-order valence-corrected chi connectivity index (χ2v) is 6.84. The summed E-state index contributed by atoms with van der Waals surface area (Å²) in [5.41, 5.74) is -0.341. The molecule has 0 aliphatic carbocycles. The molecule has 0 amide bonds. The fourth-order valence-electron chi connectivity index (χ4n) is 2.62. The summed E-state index contributed by atoms with van der Waals surface area (Å²) >= 11 is 3.32. The molecule has 0 aliphatic heterocycles. The molecule has 0 atom stereocenters. The molecule has 0 radical (unpaired) electrons. The summed E-state index contributed by atoms with van der Waals surface area (Å²) in [4.78, 5) is 17.3. The van der Waals surface area contributed by atoms with Gasteiger partial charge in [0.15, 0.2) is 0 Å². The molecular weight excluding hydrogens is 423 g/mol. The van der Waals surface area contributed by atoms with Gasteiger partial charge in [0.2, 0.25) is 0 Å². The van der Waals surface area contributed by atoms with Gasteiger partial charge in [0.25, 0.3) is 5.56 Å². The molecule has 27 heavy (non-hydrogen) atoms. The zero-order chi connectivity index (χ0) is 19.6. The van der Waals surface area contributed by atoms with Crippen LogP contribution in [0.5, 0.6) is 0 Å². The van der Waals surface area contributed by atoms with Crippen LogP contribution < -0.4 is 5.56 Å². The SMILES string of the molecule is CCCc1nc2ccc(Br)cc2c(=O)n1N=Cc1cccc(C(F)(F)F)c1. The largest absolute Gasteiger partial charge is 0.416 e. The Balaban J connectivity index is 2.10. The number of hydrogen-bond acceptors (Lipinski definition) is 3. The van der Waals surface area contributed by atoms with Crippen LogP contribution in [0.1, 0.15) is 30.3 Å². The lowest BCUT2D eigenvalue weighted by molar-refractivity contribution is -0.137. The molecule has 1 heterocycles. The Hall–Kier alpha value is -2.48. The van der Waals surface area contributed by atoms with E-state index < -0.39 is 11.7 Å². The topological polar surface area (TPSA) is 47.2 Å². The summed E-state index contributed by atoms with van der Waals surface area (Å²) < 4.78 is 40.5. The summed E-state index contributed by atoms with van der Waals surface area (Å²) in [6, 6.07) is 9.95. The van der Waals surface area contributed by atoms with Crippen molar-refractivity contribution in [3.63, 3.8) is 0 Å². The van der Waals surface area contributed by atoms with Crippen LogP contribution in [-0.2, 0) is 12.6 Å². The lowest BCUT2D eigenvalue weighted by Gasteiger charge is -2.09. The third kappa shape index (κ3) is 4.27. The molecule has 3 aromatic rings. The van der Waals surface area contributed by atoms with Crippen molar-refractivity contribution in [1.29, 1.82) is 0 Å². The van der Waals surface area contributed by atoms with Gasteiger partial charge in [-0.05, 0) is 42.3 Å². The smallest absolute Gasteiger partial charge is 0.267 e. The third-order valence-corrected chi connectivity index (χ3v) is 4.38. The Morgan fingerprint density at radius 1 is 1.22 bits per heavy atom. The van der Waals surface area contributed by atoms with Gasteiger partial charge < -0.3 is 0 Å². The molecule has 0 aliphatic rings. The second kappa shape index (κ2) is 7.64. The third-order valence-electron chi connectivity index (χ3n) is 3.89. The first-order chi connectivity index (χ1) is 12.8. The maximum atomic E-state index is 12.9. The highest BCUT2D eigenvalue weighted by Gasteiger charge is 2.30. The maximum absolute atomic E-state index is 12.9. The summed E-state index contributed by atoms with van der Waals surface area (Å²) in [5, 5.41) is 4.51. The molecule has 3 rings (SSSR count). The summed E-state index contributed by atoms with van der Waals surface area (Å²) in [6.07, 6.45) is -1.94. The van der Waals surface area contributed by atoms with Crippen LogP contribution in [0, 0.1) is 0 Å². The van der Waals surface area contributed by atoms with Gasteiger partial charge in [-0.3, -0.25) is 4.79 Å². The number of aromatic nitrogens is 2. The van der Waals surface area contributed by atoms with Crippen LogP contribution in [0.15, 0.2) is 56.8 Å². The Bertz CT molecular complexity index is 1070. The van der Waals surface area contributed by atoms with E-state index >= 15 is 0 Å². The van der Waals surface area contributed by atoms with Crippen molar-refractivity contribution < 1.29 is 13.2 Å². The van der Waals surface area contributed by atoms with Gasteiger partial charge in [0.05, 0.1) is 22.7 Å². The van der Waals surface area contributed by atoms with E-state index in [1.807, 2.05) is 6.92 Å². The molecule has 1 aromatic heterocycles. The van der Waals surface area contributed by atoms with Gasteiger partial charge in [-0.15, -0.1) is 0 Å². The molecule has 8 heteroatoms. The van der Waals surface area contributed by atoms with Crippen molar-refractivity contribution in [2.24, 2.45) is 5.10 Å². The van der Waals surface area contributed by atoms with E-state index in [2.05, 4.69) is 26.0 Å². The van der Waals surface area contributed by atoms with Crippen molar-refractivity contribution in [2.45, 2.75) is 25.9 Å². The number of nitrogens with zero attached hydrogens (tertiary/aromatic N) is 3. The van der Waals surface area contributed by atoms with E-state index in [1.165, 1.54) is 18.3 Å². The van der Waals surface area contributed by atoms with E-state index in [0.29, 0.717) is 23.1 Å². The van der Waals surface area contributed by atoms with E-state index in [4.69, 9.17) is 0 Å². The highest BCUT2D eigenvalue weighted by Crippen LogP contribution is 2.29. The predicted molar refractivity (Wildman–Crippen MR) is 102 cm³/mol. The van der Waals surface area contributed by atoms with Gasteiger partial charge in [0, 0.05) is 10.9 Å². The number of benzene rings is 2. The highest BCUT2D eigenvalue weighted by atomic mass is 79.9. The molecule has 0 bridgehead atoms. The zero-order valence-corrected chi connectivity index (χ0v) is 15.9. The quantitative estimate of drug-likeness (QED) is 0.538. The first-order valence-corrected chi connectivity index (χ1v) is 9.01. The molecule has 0 saturated carbocycles. The molecule has 0 saturated heterocycles. The average Bonchev–Trinajstić information content (AvgIpc) is 2.62. The molecule has 0 spiro atoms. The fraction of sp³-hybridized carbons (Fsp3) is 0.211. The number of aryl methyl sites for hydroxylation is 1. The normalized spacial score (nSPS) is 12.2. The van der Waals surface area contributed by atoms with Crippen LogP contribution in [0.25, 0.3) is 10.9 Å². The zero-order valence-electron chi connectivity index (χ0n) is 14.3. The van der Waals surface area contributed by atoms with E-state index in [0.717, 1.165) is 27.7 Å². The summed E-state index contributed by atoms with van der Waals surface area (Å²) in [7, 11) is 0. The maximum Gasteiger partial charge on any atom is 0.416 e. The van der Waals surface area contributed by atoms with Gasteiger partial charge in [0.1, 0.15) is 5.82 Å². The minimum Gasteiger partial charge on any atom is -0.267 e. The monoisotopic (exact) mass is 437 g/mol. The van der Waals surface area contributed by atoms with E-state index in [9.17, 15) is 18.0 Å². The van der Waals surface area contributed by atoms with Crippen LogP contribution in [-0.4, -0.2) is 15.9 Å². The van der Waals surface area contributed by atoms with Crippen LogP contribution >= 0.6 is 15.9 Å². The number of fused-ring (bicyclic) bond motifs is 1. The van der Waals surface area contributed by atoms with Crippen LogP contribution in [0.2, 0.25) is 0 Å². The van der Waals surface area contributed by atoms with Gasteiger partial charge in [-0.2, -0.15) is 22.9 Å². The molecule has 4 nitrogen and oxygen atoms in total. The minimum absolute atomic E-state index is 0.244. The van der Waals surface area contributed by atoms with Gasteiger partial charge >= 0.3 is 6.18 Å². The van der Waals surface area contributed by atoms with E-state index in [-0.39, 0.29) is 11.1 Å². The first kappa shape index (κ1) is 19.3. The van der Waals surface area contributed by atoms with Crippen molar-refractivity contribution in [1.82, 2.24) is 9.66 Å². The van der Waals surface area contributed by atoms with Crippen molar-refractivity contribution in [3.05, 3.63) is 74.2 Å². The van der Waals surface area contributed by atoms with E-state index in [1.54, 1.807) is 18.2 Å². The second-order valence-electron chi connectivity index (χ2n) is 5.92. The Kier molecular flexibility index (Phi) is 5.46. The lowest BCUT2D eigenvalue weighted by atomic mass is 10.1. The Morgan fingerprint density at radius 2 is 2.00 bits per heavy atom. The minimum atomic E-state index is -4.44. The molecule has 0 unspecified atom stereocenters. The number of alkyl halides is 3. The fourth-order valence-corrected chi connectivity index (χ4v) is 2.98. The molecule has 0 N–H and O–H groups in total. The Morgan fingerprint density at radius 3 is 2.70 bits per heavy atom.